The summed E-state index contributed by atoms with van der Waals surface area (Å²) >= 11 is 0. The van der Waals surface area contributed by atoms with Gasteiger partial charge >= 0.3 is 11.9 Å². The number of ether oxygens (including phenoxy) is 2. The SMILES string of the molecule is COc1ccc(C2C=C(N)C(C)(C(=O)O)CC2(C(=O)O)c2ccc(OC)cc2)cc1. The van der Waals surface area contributed by atoms with Crippen molar-refractivity contribution in [2.24, 2.45) is 11.1 Å². The van der Waals surface area contributed by atoms with E-state index < -0.39 is 28.7 Å². The number of benzene rings is 2. The van der Waals surface area contributed by atoms with E-state index in [9.17, 15) is 19.8 Å². The molecule has 0 aliphatic heterocycles. The molecule has 4 N–H and O–H groups in total. The lowest BCUT2D eigenvalue weighted by Crippen LogP contribution is -2.52. The Balaban J connectivity index is 2.28. The Kier molecular flexibility index (Phi) is 5.48. The molecule has 158 valence electrons. The maximum absolute atomic E-state index is 12.8. The highest BCUT2D eigenvalue weighted by atomic mass is 16.5. The Labute approximate surface area is 174 Å². The highest BCUT2D eigenvalue weighted by Crippen LogP contribution is 2.54. The highest BCUT2D eigenvalue weighted by molar-refractivity contribution is 5.88. The van der Waals surface area contributed by atoms with Gasteiger partial charge in [-0.3, -0.25) is 9.59 Å². The quantitative estimate of drug-likeness (QED) is 0.668. The summed E-state index contributed by atoms with van der Waals surface area (Å²) in [5.74, 6) is -1.76. The predicted octanol–water partition coefficient (Wildman–Crippen LogP) is 3.15. The van der Waals surface area contributed by atoms with Crippen LogP contribution in [0.15, 0.2) is 60.3 Å². The molecule has 0 amide bonds. The molecule has 0 saturated heterocycles. The van der Waals surface area contributed by atoms with Gasteiger partial charge in [-0.25, -0.2) is 0 Å². The molecule has 7 heteroatoms. The van der Waals surface area contributed by atoms with E-state index in [4.69, 9.17) is 15.2 Å². The fourth-order valence-corrected chi connectivity index (χ4v) is 4.17. The van der Waals surface area contributed by atoms with Crippen LogP contribution in [-0.4, -0.2) is 36.4 Å². The average Bonchev–Trinajstić information content (AvgIpc) is 2.75. The van der Waals surface area contributed by atoms with Crippen LogP contribution in [0.3, 0.4) is 0 Å². The number of methoxy groups -OCH3 is 2. The minimum Gasteiger partial charge on any atom is -0.497 e. The molecule has 0 aromatic heterocycles. The van der Waals surface area contributed by atoms with E-state index >= 15 is 0 Å². The molecule has 30 heavy (non-hydrogen) atoms. The van der Waals surface area contributed by atoms with Crippen LogP contribution < -0.4 is 15.2 Å². The average molecular weight is 411 g/mol. The number of rotatable bonds is 6. The number of allylic oxidation sites excluding steroid dienone is 1. The number of aliphatic carboxylic acids is 2. The van der Waals surface area contributed by atoms with E-state index in [-0.39, 0.29) is 12.1 Å². The monoisotopic (exact) mass is 411 g/mol. The van der Waals surface area contributed by atoms with Crippen molar-refractivity contribution in [3.8, 4) is 11.5 Å². The molecule has 1 aliphatic rings. The molecular formula is C23H25NO6. The third-order valence-corrected chi connectivity index (χ3v) is 6.08. The second-order valence-corrected chi connectivity index (χ2v) is 7.69. The smallest absolute Gasteiger partial charge is 0.315 e. The van der Waals surface area contributed by atoms with Crippen LogP contribution >= 0.6 is 0 Å². The van der Waals surface area contributed by atoms with Gasteiger partial charge in [0.2, 0.25) is 0 Å². The summed E-state index contributed by atoms with van der Waals surface area (Å²) in [5, 5.41) is 20.4. The zero-order valence-corrected chi connectivity index (χ0v) is 17.1. The standard InChI is InChI=1S/C23H25NO6/c1-22(20(25)26)13-23(21(27)28,15-6-10-17(30-3)11-7-15)18(12-19(22)24)14-4-8-16(29-2)9-5-14/h4-12,18H,13,24H2,1-3H3,(H,25,26)(H,27,28). The Hall–Kier alpha value is -3.48. The number of hydrogen-bond acceptors (Lipinski definition) is 5. The van der Waals surface area contributed by atoms with Crippen LogP contribution in [0.1, 0.15) is 30.4 Å². The molecule has 2 aromatic carbocycles. The predicted molar refractivity (Wildman–Crippen MR) is 111 cm³/mol. The highest BCUT2D eigenvalue weighted by Gasteiger charge is 2.57. The minimum atomic E-state index is -1.54. The fraction of sp³-hybridized carbons (Fsp3) is 0.304. The van der Waals surface area contributed by atoms with Gasteiger partial charge in [-0.05, 0) is 48.7 Å². The van der Waals surface area contributed by atoms with E-state index in [1.807, 2.05) is 0 Å². The summed E-state index contributed by atoms with van der Waals surface area (Å²) in [6.07, 6.45) is 1.37. The fourth-order valence-electron chi connectivity index (χ4n) is 4.17. The van der Waals surface area contributed by atoms with Gasteiger partial charge in [0.05, 0.1) is 14.2 Å². The van der Waals surface area contributed by atoms with Gasteiger partial charge in [0.1, 0.15) is 22.3 Å². The molecular weight excluding hydrogens is 386 g/mol. The second kappa shape index (κ2) is 7.74. The van der Waals surface area contributed by atoms with Gasteiger partial charge in [-0.15, -0.1) is 0 Å². The van der Waals surface area contributed by atoms with Crippen molar-refractivity contribution < 1.29 is 29.3 Å². The Morgan fingerprint density at radius 2 is 1.43 bits per heavy atom. The second-order valence-electron chi connectivity index (χ2n) is 7.69. The van der Waals surface area contributed by atoms with Gasteiger partial charge in [0.15, 0.2) is 0 Å². The molecule has 2 aromatic rings. The zero-order chi connectivity index (χ0) is 22.1. The number of carbonyl (C=O) groups is 2. The molecule has 3 atom stereocenters. The summed E-state index contributed by atoms with van der Waals surface area (Å²) < 4.78 is 10.4. The summed E-state index contributed by atoms with van der Waals surface area (Å²) in [6, 6.07) is 13.7. The normalized spacial score (nSPS) is 25.8. The topological polar surface area (TPSA) is 119 Å². The van der Waals surface area contributed by atoms with Crippen molar-refractivity contribution in [2.45, 2.75) is 24.7 Å². The van der Waals surface area contributed by atoms with E-state index in [2.05, 4.69) is 0 Å². The lowest BCUT2D eigenvalue weighted by Gasteiger charge is -2.46. The molecule has 0 saturated carbocycles. The van der Waals surface area contributed by atoms with Gasteiger partial charge in [-0.2, -0.15) is 0 Å². The molecule has 0 fully saturated rings. The third kappa shape index (κ3) is 3.26. The zero-order valence-electron chi connectivity index (χ0n) is 17.1. The molecule has 0 bridgehead atoms. The molecule has 0 radical (unpaired) electrons. The van der Waals surface area contributed by atoms with Crippen LogP contribution in [0, 0.1) is 5.41 Å². The van der Waals surface area contributed by atoms with Crippen molar-refractivity contribution in [1.82, 2.24) is 0 Å². The summed E-state index contributed by atoms with van der Waals surface area (Å²) in [6.45, 7) is 1.46. The molecule has 3 unspecified atom stereocenters. The van der Waals surface area contributed by atoms with Crippen molar-refractivity contribution in [2.75, 3.05) is 14.2 Å². The van der Waals surface area contributed by atoms with Crippen molar-refractivity contribution in [3.05, 3.63) is 71.4 Å². The number of nitrogens with two attached hydrogens (primary N) is 1. The lowest BCUT2D eigenvalue weighted by molar-refractivity contribution is -0.152. The van der Waals surface area contributed by atoms with Crippen LogP contribution in [0.5, 0.6) is 11.5 Å². The summed E-state index contributed by atoms with van der Waals surface area (Å²) in [7, 11) is 3.07. The summed E-state index contributed by atoms with van der Waals surface area (Å²) in [5.41, 5.74) is 4.43. The van der Waals surface area contributed by atoms with Crippen LogP contribution in [0.25, 0.3) is 0 Å². The van der Waals surface area contributed by atoms with Gasteiger partial charge < -0.3 is 25.4 Å². The molecule has 0 spiro atoms. The van der Waals surface area contributed by atoms with Crippen molar-refractivity contribution >= 4 is 11.9 Å². The van der Waals surface area contributed by atoms with Crippen LogP contribution in [-0.2, 0) is 15.0 Å². The Morgan fingerprint density at radius 1 is 0.933 bits per heavy atom. The van der Waals surface area contributed by atoms with Crippen molar-refractivity contribution in [3.63, 3.8) is 0 Å². The number of carboxylic acids is 2. The molecule has 3 rings (SSSR count). The molecule has 1 aliphatic carbocycles. The Morgan fingerprint density at radius 3 is 1.87 bits per heavy atom. The maximum atomic E-state index is 12.8. The first kappa shape index (κ1) is 21.2. The van der Waals surface area contributed by atoms with Gasteiger partial charge in [0, 0.05) is 11.6 Å². The maximum Gasteiger partial charge on any atom is 0.315 e. The first-order chi connectivity index (χ1) is 14.2. The summed E-state index contributed by atoms with van der Waals surface area (Å²) in [4.78, 5) is 24.9. The van der Waals surface area contributed by atoms with Crippen LogP contribution in [0.2, 0.25) is 0 Å². The third-order valence-electron chi connectivity index (χ3n) is 6.08. The lowest BCUT2D eigenvalue weighted by atomic mass is 9.55. The van der Waals surface area contributed by atoms with Gasteiger partial charge in [0.25, 0.3) is 0 Å². The first-order valence-electron chi connectivity index (χ1n) is 9.42. The molecule has 7 nitrogen and oxygen atoms in total. The first-order valence-corrected chi connectivity index (χ1v) is 9.42. The number of carboxylic acid groups (broad SMARTS) is 2. The number of hydrogen-bond donors (Lipinski definition) is 3. The van der Waals surface area contributed by atoms with E-state index in [0.29, 0.717) is 22.6 Å². The van der Waals surface area contributed by atoms with E-state index in [1.54, 1.807) is 61.7 Å². The minimum absolute atomic E-state index is 0.140. The van der Waals surface area contributed by atoms with Crippen molar-refractivity contribution in [1.29, 1.82) is 0 Å². The van der Waals surface area contributed by atoms with Crippen LogP contribution in [0.4, 0.5) is 0 Å². The molecule has 0 heterocycles. The Bertz CT molecular complexity index is 982. The largest absolute Gasteiger partial charge is 0.497 e. The van der Waals surface area contributed by atoms with E-state index in [1.165, 1.54) is 14.0 Å². The van der Waals surface area contributed by atoms with E-state index in [0.717, 1.165) is 0 Å². The van der Waals surface area contributed by atoms with Gasteiger partial charge in [-0.1, -0.05) is 30.3 Å².